The molecule has 7 heteroatoms. The van der Waals surface area contributed by atoms with Crippen LogP contribution in [0.15, 0.2) is 12.1 Å². The summed E-state index contributed by atoms with van der Waals surface area (Å²) in [5, 5.41) is 8.61. The van der Waals surface area contributed by atoms with Gasteiger partial charge in [-0.25, -0.2) is 13.1 Å². The molecule has 1 aliphatic rings. The third-order valence-electron chi connectivity index (χ3n) is 2.85. The van der Waals surface area contributed by atoms with Crippen molar-refractivity contribution >= 4 is 21.4 Å². The molecule has 0 saturated carbocycles. The summed E-state index contributed by atoms with van der Waals surface area (Å²) >= 11 is 1.41. The van der Waals surface area contributed by atoms with Gasteiger partial charge in [0, 0.05) is 18.0 Å². The molecule has 0 spiro atoms. The molecule has 1 saturated heterocycles. The highest BCUT2D eigenvalue weighted by Gasteiger charge is 2.23. The van der Waals surface area contributed by atoms with Crippen molar-refractivity contribution in [3.8, 4) is 11.8 Å². The second kappa shape index (κ2) is 7.20. The minimum absolute atomic E-state index is 0.0234. The molecule has 2 heterocycles. The molecule has 110 valence electrons. The minimum Gasteiger partial charge on any atom is -0.384 e. The smallest absolute Gasteiger partial charge is 0.214 e. The van der Waals surface area contributed by atoms with Gasteiger partial charge in [0.25, 0.3) is 0 Å². The van der Waals surface area contributed by atoms with E-state index in [0.29, 0.717) is 6.61 Å². The Balaban J connectivity index is 1.85. The largest absolute Gasteiger partial charge is 0.384 e. The summed E-state index contributed by atoms with van der Waals surface area (Å²) in [5.41, 5.74) is 0. The van der Waals surface area contributed by atoms with Crippen LogP contribution in [-0.2, 0) is 21.3 Å². The fourth-order valence-electron chi connectivity index (χ4n) is 1.93. The van der Waals surface area contributed by atoms with E-state index in [4.69, 9.17) is 9.84 Å². The highest BCUT2D eigenvalue weighted by Crippen LogP contribution is 2.16. The van der Waals surface area contributed by atoms with Gasteiger partial charge in [-0.2, -0.15) is 0 Å². The van der Waals surface area contributed by atoms with Crippen molar-refractivity contribution < 1.29 is 18.3 Å². The van der Waals surface area contributed by atoms with E-state index in [9.17, 15) is 8.42 Å². The van der Waals surface area contributed by atoms with Crippen LogP contribution in [0.4, 0.5) is 0 Å². The van der Waals surface area contributed by atoms with E-state index in [0.717, 1.165) is 22.6 Å². The van der Waals surface area contributed by atoms with E-state index >= 15 is 0 Å². The van der Waals surface area contributed by atoms with Crippen LogP contribution in [0.25, 0.3) is 0 Å². The van der Waals surface area contributed by atoms with Gasteiger partial charge in [-0.1, -0.05) is 11.8 Å². The number of thiophene rings is 1. The Morgan fingerprint density at radius 3 is 3.05 bits per heavy atom. The zero-order valence-electron chi connectivity index (χ0n) is 11.0. The topological polar surface area (TPSA) is 75.6 Å². The van der Waals surface area contributed by atoms with E-state index in [2.05, 4.69) is 16.6 Å². The van der Waals surface area contributed by atoms with Crippen molar-refractivity contribution in [2.75, 3.05) is 19.0 Å². The number of aliphatic hydroxyl groups is 1. The zero-order chi connectivity index (χ0) is 14.4. The average molecular weight is 315 g/mol. The fraction of sp³-hybridized carbons (Fsp3) is 0.538. The first kappa shape index (κ1) is 15.5. The molecule has 1 aromatic heterocycles. The monoisotopic (exact) mass is 315 g/mol. The summed E-state index contributed by atoms with van der Waals surface area (Å²) in [5.74, 6) is 5.37. The maximum atomic E-state index is 11.9. The first-order valence-corrected chi connectivity index (χ1v) is 8.83. The molecule has 0 aromatic carbocycles. The molecule has 1 aliphatic heterocycles. The first-order valence-electron chi connectivity index (χ1n) is 6.36. The van der Waals surface area contributed by atoms with Crippen molar-refractivity contribution in [3.05, 3.63) is 21.9 Å². The predicted octanol–water partition coefficient (Wildman–Crippen LogP) is 0.690. The third-order valence-corrected chi connectivity index (χ3v) is 5.24. The molecule has 1 aromatic rings. The highest BCUT2D eigenvalue weighted by atomic mass is 32.2. The summed E-state index contributed by atoms with van der Waals surface area (Å²) in [4.78, 5) is 1.70. The molecular weight excluding hydrogens is 298 g/mol. The normalized spacial score (nSPS) is 18.8. The minimum atomic E-state index is -3.32. The van der Waals surface area contributed by atoms with Crippen LogP contribution in [0.1, 0.15) is 22.6 Å². The van der Waals surface area contributed by atoms with Crippen LogP contribution >= 0.6 is 11.3 Å². The van der Waals surface area contributed by atoms with Crippen LogP contribution in [-0.4, -0.2) is 38.6 Å². The third kappa shape index (κ3) is 4.89. The number of ether oxygens (including phenoxy) is 1. The number of rotatable bonds is 5. The van der Waals surface area contributed by atoms with Gasteiger partial charge in [0.1, 0.15) is 6.61 Å². The number of hydrogen-bond acceptors (Lipinski definition) is 5. The van der Waals surface area contributed by atoms with Gasteiger partial charge in [-0.15, -0.1) is 11.3 Å². The van der Waals surface area contributed by atoms with E-state index < -0.39 is 10.0 Å². The molecule has 0 bridgehead atoms. The molecule has 2 N–H and O–H groups in total. The summed E-state index contributed by atoms with van der Waals surface area (Å²) < 4.78 is 31.7. The van der Waals surface area contributed by atoms with E-state index in [-0.39, 0.29) is 25.0 Å². The van der Waals surface area contributed by atoms with Crippen molar-refractivity contribution in [1.82, 2.24) is 4.72 Å². The molecule has 0 amide bonds. The predicted molar refractivity (Wildman–Crippen MR) is 77.9 cm³/mol. The molecule has 20 heavy (non-hydrogen) atoms. The Morgan fingerprint density at radius 1 is 1.50 bits per heavy atom. The molecule has 2 rings (SSSR count). The van der Waals surface area contributed by atoms with Crippen LogP contribution < -0.4 is 4.72 Å². The number of sulfonamides is 1. The number of nitrogens with one attached hydrogen (secondary N) is 1. The van der Waals surface area contributed by atoms with Gasteiger partial charge >= 0.3 is 0 Å². The molecule has 1 unspecified atom stereocenters. The van der Waals surface area contributed by atoms with Crippen LogP contribution in [0.5, 0.6) is 0 Å². The molecule has 1 atom stereocenters. The first-order chi connectivity index (χ1) is 9.59. The second-order valence-corrected chi connectivity index (χ2v) is 7.48. The summed E-state index contributed by atoms with van der Waals surface area (Å²) in [6.45, 7) is 0.736. The quantitative estimate of drug-likeness (QED) is 0.784. The van der Waals surface area contributed by atoms with E-state index in [1.807, 2.05) is 12.1 Å². The lowest BCUT2D eigenvalue weighted by atomic mass is 10.3. The summed E-state index contributed by atoms with van der Waals surface area (Å²) in [7, 11) is -3.32. The Kier molecular flexibility index (Phi) is 5.57. The second-order valence-electron chi connectivity index (χ2n) is 4.46. The van der Waals surface area contributed by atoms with Gasteiger partial charge in [0.05, 0.1) is 16.7 Å². The Labute approximate surface area is 123 Å². The van der Waals surface area contributed by atoms with E-state index in [1.54, 1.807) is 0 Å². The van der Waals surface area contributed by atoms with Crippen molar-refractivity contribution in [2.45, 2.75) is 25.5 Å². The summed E-state index contributed by atoms with van der Waals surface area (Å²) in [6.07, 6.45) is 1.56. The zero-order valence-corrected chi connectivity index (χ0v) is 12.6. The number of aliphatic hydroxyl groups excluding tert-OH is 1. The van der Waals surface area contributed by atoms with Crippen molar-refractivity contribution in [2.24, 2.45) is 0 Å². The molecule has 1 fully saturated rings. The summed E-state index contributed by atoms with van der Waals surface area (Å²) in [6, 6.07) is 3.65. The lowest BCUT2D eigenvalue weighted by Crippen LogP contribution is -2.31. The average Bonchev–Trinajstić information content (AvgIpc) is 3.05. The van der Waals surface area contributed by atoms with Gasteiger partial charge in [0.15, 0.2) is 0 Å². The lowest BCUT2D eigenvalue weighted by Gasteiger charge is -2.10. The van der Waals surface area contributed by atoms with Gasteiger partial charge in [0.2, 0.25) is 10.0 Å². The SMILES string of the molecule is O=S(=O)(CC1CCCO1)NCc1ccc(C#CCO)s1. The Bertz CT molecular complexity index is 591. The molecule has 0 radical (unpaired) electrons. The van der Waals surface area contributed by atoms with Gasteiger partial charge in [-0.3, -0.25) is 0 Å². The number of hydrogen-bond donors (Lipinski definition) is 2. The maximum absolute atomic E-state index is 11.9. The molecule has 5 nitrogen and oxygen atoms in total. The maximum Gasteiger partial charge on any atom is 0.214 e. The van der Waals surface area contributed by atoms with Gasteiger partial charge in [-0.05, 0) is 25.0 Å². The van der Waals surface area contributed by atoms with E-state index in [1.165, 1.54) is 11.3 Å². The lowest BCUT2D eigenvalue weighted by molar-refractivity contribution is 0.127. The van der Waals surface area contributed by atoms with Crippen LogP contribution in [0.3, 0.4) is 0 Å². The highest BCUT2D eigenvalue weighted by molar-refractivity contribution is 7.89. The molecule has 0 aliphatic carbocycles. The van der Waals surface area contributed by atoms with Gasteiger partial charge < -0.3 is 9.84 Å². The molecular formula is C13H17NO4S2. The van der Waals surface area contributed by atoms with Crippen LogP contribution in [0, 0.1) is 11.8 Å². The van der Waals surface area contributed by atoms with Crippen LogP contribution in [0.2, 0.25) is 0 Å². The fourth-order valence-corrected chi connectivity index (χ4v) is 4.09. The van der Waals surface area contributed by atoms with Crippen molar-refractivity contribution in [1.29, 1.82) is 0 Å². The Morgan fingerprint density at radius 2 is 2.35 bits per heavy atom. The standard InChI is InChI=1S/C13H17NO4S2/c15-7-1-4-12-5-6-13(19-12)9-14-20(16,17)10-11-3-2-8-18-11/h5-6,11,14-15H,2-3,7-10H2. The Hall–Kier alpha value is -0.910. The van der Waals surface area contributed by atoms with Crippen molar-refractivity contribution in [3.63, 3.8) is 0 Å².